The zero-order valence-corrected chi connectivity index (χ0v) is 11.1. The number of nitro groups is 1. The molecule has 1 aromatic carbocycles. The second-order valence-corrected chi connectivity index (χ2v) is 4.33. The summed E-state index contributed by atoms with van der Waals surface area (Å²) < 4.78 is 27.2. The average Bonchev–Trinajstić information content (AvgIpc) is 2.38. The van der Waals surface area contributed by atoms with Gasteiger partial charge in [-0.05, 0) is 12.5 Å². The van der Waals surface area contributed by atoms with E-state index in [1.54, 1.807) is 0 Å². The lowest BCUT2D eigenvalue weighted by atomic mass is 10.1. The first-order valence-electron chi connectivity index (χ1n) is 6.39. The first kappa shape index (κ1) is 16.0. The molecule has 0 aromatic heterocycles. The number of hydrogen-bond donors (Lipinski definition) is 1. The summed E-state index contributed by atoms with van der Waals surface area (Å²) in [5.74, 6) is -3.53. The zero-order valence-electron chi connectivity index (χ0n) is 11.1. The van der Waals surface area contributed by atoms with E-state index in [1.165, 1.54) is 0 Å². The quantitative estimate of drug-likeness (QED) is 0.475. The number of nitrogens with one attached hydrogen (secondary N) is 1. The maximum absolute atomic E-state index is 13.7. The van der Waals surface area contributed by atoms with Crippen LogP contribution in [0.1, 0.15) is 43.0 Å². The molecule has 0 aliphatic carbocycles. The second kappa shape index (κ2) is 7.52. The molecule has 0 saturated heterocycles. The first-order valence-corrected chi connectivity index (χ1v) is 6.39. The van der Waals surface area contributed by atoms with Gasteiger partial charge in [0.15, 0.2) is 0 Å². The number of carbonyl (C=O) groups excluding carboxylic acids is 1. The molecule has 0 aliphatic rings. The van der Waals surface area contributed by atoms with E-state index < -0.39 is 33.7 Å². The Labute approximate surface area is 115 Å². The highest BCUT2D eigenvalue weighted by Gasteiger charge is 2.25. The van der Waals surface area contributed by atoms with E-state index in [4.69, 9.17) is 0 Å². The molecule has 1 N–H and O–H groups in total. The van der Waals surface area contributed by atoms with E-state index in [0.717, 1.165) is 19.3 Å². The van der Waals surface area contributed by atoms with Crippen LogP contribution in [0, 0.1) is 21.7 Å². The number of hydrogen-bond acceptors (Lipinski definition) is 3. The molecule has 0 spiro atoms. The van der Waals surface area contributed by atoms with Crippen molar-refractivity contribution in [2.45, 2.75) is 32.6 Å². The summed E-state index contributed by atoms with van der Waals surface area (Å²) in [5.41, 5.74) is -1.82. The number of amides is 1. The summed E-state index contributed by atoms with van der Waals surface area (Å²) in [7, 11) is 0. The van der Waals surface area contributed by atoms with E-state index in [0.29, 0.717) is 18.6 Å². The first-order chi connectivity index (χ1) is 9.49. The monoisotopic (exact) mass is 286 g/mol. The molecular weight excluding hydrogens is 270 g/mol. The van der Waals surface area contributed by atoms with Gasteiger partial charge in [-0.1, -0.05) is 26.2 Å². The maximum Gasteiger partial charge on any atom is 0.305 e. The molecule has 0 atom stereocenters. The average molecular weight is 286 g/mol. The van der Waals surface area contributed by atoms with Gasteiger partial charge in [0, 0.05) is 12.6 Å². The minimum absolute atomic E-state index is 0.278. The van der Waals surface area contributed by atoms with Crippen molar-refractivity contribution in [1.82, 2.24) is 5.32 Å². The van der Waals surface area contributed by atoms with Crippen molar-refractivity contribution in [1.29, 1.82) is 0 Å². The van der Waals surface area contributed by atoms with Crippen LogP contribution in [-0.4, -0.2) is 17.4 Å². The van der Waals surface area contributed by atoms with Gasteiger partial charge in [0.25, 0.3) is 5.91 Å². The van der Waals surface area contributed by atoms with Gasteiger partial charge in [-0.15, -0.1) is 0 Å². The molecule has 110 valence electrons. The summed E-state index contributed by atoms with van der Waals surface area (Å²) >= 11 is 0. The fourth-order valence-corrected chi connectivity index (χ4v) is 1.73. The Balaban J connectivity index is 2.77. The predicted octanol–water partition coefficient (Wildman–Crippen LogP) is 3.18. The number of nitrogens with zero attached hydrogens (tertiary/aromatic N) is 1. The molecule has 20 heavy (non-hydrogen) atoms. The fourth-order valence-electron chi connectivity index (χ4n) is 1.73. The molecule has 0 aliphatic heterocycles. The Morgan fingerprint density at radius 2 is 2.00 bits per heavy atom. The van der Waals surface area contributed by atoms with E-state index >= 15 is 0 Å². The molecule has 1 amide bonds. The molecule has 0 unspecified atom stereocenters. The van der Waals surface area contributed by atoms with Gasteiger partial charge in [0.2, 0.25) is 5.82 Å². The lowest BCUT2D eigenvalue weighted by Gasteiger charge is -2.07. The summed E-state index contributed by atoms with van der Waals surface area (Å²) in [4.78, 5) is 21.2. The Kier molecular flexibility index (Phi) is 6.02. The number of nitro benzene ring substituents is 1. The van der Waals surface area contributed by atoms with Crippen LogP contribution in [0.4, 0.5) is 14.5 Å². The maximum atomic E-state index is 13.7. The van der Waals surface area contributed by atoms with Crippen LogP contribution in [0.2, 0.25) is 0 Å². The van der Waals surface area contributed by atoms with Gasteiger partial charge in [0.05, 0.1) is 4.92 Å². The van der Waals surface area contributed by atoms with Crippen LogP contribution < -0.4 is 5.32 Å². The van der Waals surface area contributed by atoms with Crippen molar-refractivity contribution in [2.24, 2.45) is 0 Å². The smallest absolute Gasteiger partial charge is 0.305 e. The number of carbonyl (C=O) groups is 1. The van der Waals surface area contributed by atoms with E-state index in [1.807, 2.05) is 6.92 Å². The van der Waals surface area contributed by atoms with E-state index in [-0.39, 0.29) is 6.54 Å². The summed E-state index contributed by atoms with van der Waals surface area (Å²) in [5, 5.41) is 12.9. The molecule has 0 fully saturated rings. The van der Waals surface area contributed by atoms with E-state index in [2.05, 4.69) is 5.32 Å². The standard InChI is InChI=1S/C13H16F2N2O3/c1-2-3-4-5-8-16-13(18)11-9(14)6-7-10(12(11)15)17(19)20/h6-7H,2-5,8H2,1H3,(H,16,18). The zero-order chi connectivity index (χ0) is 15.1. The van der Waals surface area contributed by atoms with Crippen molar-refractivity contribution in [3.8, 4) is 0 Å². The highest BCUT2D eigenvalue weighted by atomic mass is 19.1. The van der Waals surface area contributed by atoms with Crippen LogP contribution in [-0.2, 0) is 0 Å². The Morgan fingerprint density at radius 3 is 2.60 bits per heavy atom. The van der Waals surface area contributed by atoms with Crippen LogP contribution >= 0.6 is 0 Å². The number of unbranched alkanes of at least 4 members (excludes halogenated alkanes) is 3. The number of halogens is 2. The summed E-state index contributed by atoms with van der Waals surface area (Å²) in [6.45, 7) is 2.31. The van der Waals surface area contributed by atoms with Crippen LogP contribution in [0.3, 0.4) is 0 Å². The highest BCUT2D eigenvalue weighted by molar-refractivity contribution is 5.95. The molecule has 1 aromatic rings. The van der Waals surface area contributed by atoms with Gasteiger partial charge in [-0.25, -0.2) is 4.39 Å². The van der Waals surface area contributed by atoms with Gasteiger partial charge < -0.3 is 5.32 Å². The Morgan fingerprint density at radius 1 is 1.30 bits per heavy atom. The minimum Gasteiger partial charge on any atom is -0.352 e. The minimum atomic E-state index is -1.44. The van der Waals surface area contributed by atoms with Crippen molar-refractivity contribution < 1.29 is 18.5 Å². The Bertz CT molecular complexity index is 507. The third-order valence-corrected chi connectivity index (χ3v) is 2.81. The lowest BCUT2D eigenvalue weighted by molar-refractivity contribution is -0.387. The van der Waals surface area contributed by atoms with Crippen LogP contribution in [0.15, 0.2) is 12.1 Å². The third-order valence-electron chi connectivity index (χ3n) is 2.81. The van der Waals surface area contributed by atoms with Crippen molar-refractivity contribution in [3.05, 3.63) is 39.4 Å². The van der Waals surface area contributed by atoms with Gasteiger partial charge >= 0.3 is 5.69 Å². The van der Waals surface area contributed by atoms with E-state index in [9.17, 15) is 23.7 Å². The molecule has 0 heterocycles. The van der Waals surface area contributed by atoms with Crippen LogP contribution in [0.5, 0.6) is 0 Å². The number of rotatable bonds is 7. The van der Waals surface area contributed by atoms with Gasteiger partial charge in [-0.2, -0.15) is 4.39 Å². The van der Waals surface area contributed by atoms with Crippen molar-refractivity contribution in [3.63, 3.8) is 0 Å². The topological polar surface area (TPSA) is 72.2 Å². The van der Waals surface area contributed by atoms with Gasteiger partial charge in [-0.3, -0.25) is 14.9 Å². The molecule has 7 heteroatoms. The van der Waals surface area contributed by atoms with Crippen molar-refractivity contribution in [2.75, 3.05) is 6.54 Å². The second-order valence-electron chi connectivity index (χ2n) is 4.33. The fraction of sp³-hybridized carbons (Fsp3) is 0.462. The van der Waals surface area contributed by atoms with Crippen LogP contribution in [0.25, 0.3) is 0 Å². The summed E-state index contributed by atoms with van der Waals surface area (Å²) in [6, 6.07) is 1.41. The summed E-state index contributed by atoms with van der Waals surface area (Å²) in [6.07, 6.45) is 3.63. The van der Waals surface area contributed by atoms with Crippen molar-refractivity contribution >= 4 is 11.6 Å². The lowest BCUT2D eigenvalue weighted by Crippen LogP contribution is -2.26. The molecule has 0 radical (unpaired) electrons. The SMILES string of the molecule is CCCCCCNC(=O)c1c(F)ccc([N+](=O)[O-])c1F. The predicted molar refractivity (Wildman–Crippen MR) is 69.5 cm³/mol. The molecule has 0 bridgehead atoms. The highest BCUT2D eigenvalue weighted by Crippen LogP contribution is 2.22. The van der Waals surface area contributed by atoms with Gasteiger partial charge in [0.1, 0.15) is 11.4 Å². The Hall–Kier alpha value is -2.05. The molecule has 5 nitrogen and oxygen atoms in total. The normalized spacial score (nSPS) is 10.3. The number of benzene rings is 1. The molecule has 1 rings (SSSR count). The molecular formula is C13H16F2N2O3. The largest absolute Gasteiger partial charge is 0.352 e. The molecule has 0 saturated carbocycles. The third kappa shape index (κ3) is 3.97.